The highest BCUT2D eigenvalue weighted by Crippen LogP contribution is 2.32. The van der Waals surface area contributed by atoms with E-state index in [2.05, 4.69) is 5.32 Å². The van der Waals surface area contributed by atoms with E-state index in [9.17, 15) is 18.0 Å². The van der Waals surface area contributed by atoms with Crippen molar-refractivity contribution in [1.82, 2.24) is 14.1 Å². The Kier molecular flexibility index (Phi) is 6.64. The molecule has 2 saturated heterocycles. The highest BCUT2D eigenvalue weighted by molar-refractivity contribution is 7.91. The molecule has 3 heterocycles. The van der Waals surface area contributed by atoms with Crippen molar-refractivity contribution in [3.05, 3.63) is 12.1 Å². The average Bonchev–Trinajstić information content (AvgIpc) is 3.54. The van der Waals surface area contributed by atoms with E-state index in [1.807, 2.05) is 4.90 Å². The van der Waals surface area contributed by atoms with Gasteiger partial charge in [0.15, 0.2) is 0 Å². The number of rotatable bonds is 4. The van der Waals surface area contributed by atoms with Gasteiger partial charge in [0.2, 0.25) is 5.91 Å². The van der Waals surface area contributed by atoms with Crippen LogP contribution in [-0.4, -0.2) is 73.7 Å². The Balaban J connectivity index is 1.35. The van der Waals surface area contributed by atoms with Crippen LogP contribution in [0.1, 0.15) is 44.9 Å². The predicted octanol–water partition coefficient (Wildman–Crippen LogP) is 2.79. The van der Waals surface area contributed by atoms with E-state index in [-0.39, 0.29) is 22.1 Å². The van der Waals surface area contributed by atoms with Gasteiger partial charge in [0.1, 0.15) is 4.21 Å². The minimum Gasteiger partial charge on any atom is -0.341 e. The molecule has 0 aromatic carbocycles. The highest BCUT2D eigenvalue weighted by atomic mass is 32.2. The number of thiophene rings is 1. The number of nitrogens with one attached hydrogen (secondary N) is 1. The summed E-state index contributed by atoms with van der Waals surface area (Å²) in [7, 11) is -3.51. The molecule has 0 spiro atoms. The van der Waals surface area contributed by atoms with Crippen LogP contribution in [0.3, 0.4) is 0 Å². The predicted molar refractivity (Wildman–Crippen MR) is 116 cm³/mol. The maximum atomic E-state index is 12.9. The van der Waals surface area contributed by atoms with E-state index in [0.717, 1.165) is 56.3 Å². The van der Waals surface area contributed by atoms with Gasteiger partial charge in [-0.15, -0.1) is 11.3 Å². The molecule has 1 aliphatic carbocycles. The fourth-order valence-corrected chi connectivity index (χ4v) is 6.92. The van der Waals surface area contributed by atoms with Gasteiger partial charge in [-0.25, -0.2) is 13.2 Å². The van der Waals surface area contributed by atoms with Crippen molar-refractivity contribution in [3.63, 3.8) is 0 Å². The van der Waals surface area contributed by atoms with Crippen LogP contribution in [0.4, 0.5) is 9.80 Å². The molecular weight excluding hydrogens is 424 g/mol. The van der Waals surface area contributed by atoms with Gasteiger partial charge in [0.25, 0.3) is 10.0 Å². The first-order valence-electron chi connectivity index (χ1n) is 10.9. The third-order valence-electron chi connectivity index (χ3n) is 5.99. The number of carbonyl (C=O) groups is 2. The van der Waals surface area contributed by atoms with Gasteiger partial charge in [-0.3, -0.25) is 10.1 Å². The summed E-state index contributed by atoms with van der Waals surface area (Å²) in [5, 5.41) is 3.38. The topological polar surface area (TPSA) is 90.0 Å². The minimum absolute atomic E-state index is 0.195. The summed E-state index contributed by atoms with van der Waals surface area (Å²) < 4.78 is 27.7. The Morgan fingerprint density at radius 2 is 1.53 bits per heavy atom. The molecule has 0 bridgehead atoms. The van der Waals surface area contributed by atoms with E-state index in [4.69, 9.17) is 0 Å². The molecule has 1 aromatic heterocycles. The van der Waals surface area contributed by atoms with Crippen molar-refractivity contribution < 1.29 is 18.0 Å². The minimum atomic E-state index is -3.51. The normalized spacial score (nSPS) is 21.7. The van der Waals surface area contributed by atoms with Crippen molar-refractivity contribution in [2.75, 3.05) is 44.6 Å². The molecule has 1 aromatic rings. The molecule has 0 radical (unpaired) electrons. The van der Waals surface area contributed by atoms with Crippen molar-refractivity contribution >= 4 is 38.3 Å². The Morgan fingerprint density at radius 3 is 2.23 bits per heavy atom. The summed E-state index contributed by atoms with van der Waals surface area (Å²) in [6, 6.07) is 3.00. The van der Waals surface area contributed by atoms with Crippen LogP contribution in [0.2, 0.25) is 0 Å². The van der Waals surface area contributed by atoms with Gasteiger partial charge in [0, 0.05) is 45.2 Å². The standard InChI is InChI=1S/C20H30N4O4S2/c25-19(16-6-7-16)22-10-5-11-23(15-14-22)20(26)21-17-8-9-18(29-17)30(27,28)24-12-3-1-2-4-13-24/h8-9,16H,1-7,10-15H2,(H,21,26). The zero-order chi connectivity index (χ0) is 21.1. The number of hydrogen-bond donors (Lipinski definition) is 1. The zero-order valence-electron chi connectivity index (χ0n) is 17.2. The summed E-state index contributed by atoms with van der Waals surface area (Å²) in [4.78, 5) is 28.6. The fourth-order valence-electron chi connectivity index (χ4n) is 4.05. The van der Waals surface area contributed by atoms with Gasteiger partial charge in [-0.1, -0.05) is 12.8 Å². The molecule has 3 aliphatic rings. The molecule has 0 atom stereocenters. The molecule has 10 heteroatoms. The number of amides is 3. The monoisotopic (exact) mass is 454 g/mol. The first kappa shape index (κ1) is 21.6. The maximum Gasteiger partial charge on any atom is 0.322 e. The van der Waals surface area contributed by atoms with Crippen LogP contribution in [0.25, 0.3) is 0 Å². The van der Waals surface area contributed by atoms with Crippen LogP contribution < -0.4 is 5.32 Å². The lowest BCUT2D eigenvalue weighted by Crippen LogP contribution is -2.39. The van der Waals surface area contributed by atoms with Crippen LogP contribution in [0, 0.1) is 5.92 Å². The molecule has 2 aliphatic heterocycles. The van der Waals surface area contributed by atoms with Gasteiger partial charge in [-0.2, -0.15) is 4.31 Å². The SMILES string of the molecule is O=C(Nc1ccc(S(=O)(=O)N2CCCCCC2)s1)N1CCCN(C(=O)C2CC2)CC1. The molecular formula is C20H30N4O4S2. The number of hydrogen-bond acceptors (Lipinski definition) is 5. The van der Waals surface area contributed by atoms with Crippen LogP contribution in [0.15, 0.2) is 16.3 Å². The van der Waals surface area contributed by atoms with Gasteiger partial charge in [0.05, 0.1) is 5.00 Å². The largest absolute Gasteiger partial charge is 0.341 e. The van der Waals surface area contributed by atoms with E-state index in [1.165, 1.54) is 0 Å². The first-order valence-corrected chi connectivity index (χ1v) is 13.2. The van der Waals surface area contributed by atoms with Gasteiger partial charge in [-0.05, 0) is 44.2 Å². The summed E-state index contributed by atoms with van der Waals surface area (Å²) in [5.74, 6) is 0.417. The summed E-state index contributed by atoms with van der Waals surface area (Å²) in [5.41, 5.74) is 0. The number of carbonyl (C=O) groups excluding carboxylic acids is 2. The fraction of sp³-hybridized carbons (Fsp3) is 0.700. The van der Waals surface area contributed by atoms with Gasteiger partial charge >= 0.3 is 6.03 Å². The molecule has 1 N–H and O–H groups in total. The van der Waals surface area contributed by atoms with Crippen LogP contribution in [0.5, 0.6) is 0 Å². The zero-order valence-corrected chi connectivity index (χ0v) is 18.8. The molecule has 0 unspecified atom stereocenters. The Hall–Kier alpha value is -1.65. The lowest BCUT2D eigenvalue weighted by Gasteiger charge is -2.22. The molecule has 3 amide bonds. The third kappa shape index (κ3) is 4.97. The van der Waals surface area contributed by atoms with Crippen molar-refractivity contribution in [3.8, 4) is 0 Å². The van der Waals surface area contributed by atoms with Crippen molar-refractivity contribution in [1.29, 1.82) is 0 Å². The van der Waals surface area contributed by atoms with E-state index < -0.39 is 10.0 Å². The van der Waals surface area contributed by atoms with E-state index in [1.54, 1.807) is 21.3 Å². The van der Waals surface area contributed by atoms with Crippen LogP contribution >= 0.6 is 11.3 Å². The number of nitrogens with zero attached hydrogens (tertiary/aromatic N) is 3. The second-order valence-electron chi connectivity index (χ2n) is 8.31. The summed E-state index contributed by atoms with van der Waals surface area (Å²) in [6.07, 6.45) is 6.65. The average molecular weight is 455 g/mol. The lowest BCUT2D eigenvalue weighted by molar-refractivity contribution is -0.132. The molecule has 4 rings (SSSR count). The Labute approximate surface area is 182 Å². The van der Waals surface area contributed by atoms with Crippen molar-refractivity contribution in [2.45, 2.75) is 49.2 Å². The van der Waals surface area contributed by atoms with Crippen molar-refractivity contribution in [2.24, 2.45) is 5.92 Å². The van der Waals surface area contributed by atoms with E-state index in [0.29, 0.717) is 44.3 Å². The summed E-state index contributed by atoms with van der Waals surface area (Å²) in [6.45, 7) is 3.45. The quantitative estimate of drug-likeness (QED) is 0.758. The molecule has 166 valence electrons. The maximum absolute atomic E-state index is 12.9. The molecule has 30 heavy (non-hydrogen) atoms. The highest BCUT2D eigenvalue weighted by Gasteiger charge is 2.34. The third-order valence-corrected chi connectivity index (χ3v) is 9.36. The molecule has 8 nitrogen and oxygen atoms in total. The number of urea groups is 1. The lowest BCUT2D eigenvalue weighted by atomic mass is 10.2. The second-order valence-corrected chi connectivity index (χ2v) is 11.6. The Bertz CT molecular complexity index is 873. The van der Waals surface area contributed by atoms with E-state index >= 15 is 0 Å². The Morgan fingerprint density at radius 1 is 0.867 bits per heavy atom. The second kappa shape index (κ2) is 9.23. The molecule has 1 saturated carbocycles. The smallest absolute Gasteiger partial charge is 0.322 e. The first-order chi connectivity index (χ1) is 14.4. The number of anilines is 1. The summed E-state index contributed by atoms with van der Waals surface area (Å²) >= 11 is 1.10. The van der Waals surface area contributed by atoms with Crippen LogP contribution in [-0.2, 0) is 14.8 Å². The van der Waals surface area contributed by atoms with Gasteiger partial charge < -0.3 is 9.80 Å². The number of sulfonamides is 1. The molecule has 3 fully saturated rings.